The molecule has 0 aliphatic carbocycles. The molecule has 0 saturated carbocycles. The van der Waals surface area contributed by atoms with Gasteiger partial charge in [0.25, 0.3) is 0 Å². The number of carbonyl (C=O) groups is 6. The van der Waals surface area contributed by atoms with E-state index in [2.05, 4.69) is 0 Å². The van der Waals surface area contributed by atoms with Gasteiger partial charge < -0.3 is 30.6 Å². The molecule has 0 atom stereocenters. The van der Waals surface area contributed by atoms with Crippen molar-refractivity contribution in [1.29, 1.82) is 0 Å². The molecule has 6 N–H and O–H groups in total. The van der Waals surface area contributed by atoms with E-state index in [1.54, 1.807) is 0 Å². The molecule has 0 unspecified atom stereocenters. The zero-order chi connectivity index (χ0) is 19.7. The number of aliphatic carboxylic acids is 6. The Labute approximate surface area is 206 Å². The van der Waals surface area contributed by atoms with Crippen molar-refractivity contribution in [1.82, 2.24) is 0 Å². The van der Waals surface area contributed by atoms with Gasteiger partial charge in [-0.1, -0.05) is 0 Å². The zero-order valence-electron chi connectivity index (χ0n) is 12.3. The third-order valence-electron chi connectivity index (χ3n) is 1.11. The molecule has 0 spiro atoms. The molecule has 14 heteroatoms. The van der Waals surface area contributed by atoms with Crippen LogP contribution >= 0.6 is 0 Å². The third-order valence-corrected chi connectivity index (χ3v) is 1.11. The molecule has 0 rings (SSSR count). The van der Waals surface area contributed by atoms with Crippen LogP contribution in [0, 0.1) is 77.2 Å². The molecular weight excluding hydrogens is 654 g/mol. The van der Waals surface area contributed by atoms with Gasteiger partial charge in [0.05, 0.1) is 0 Å². The molecule has 12 nitrogen and oxygen atoms in total. The van der Waals surface area contributed by atoms with Gasteiger partial charge in [0.15, 0.2) is 0 Å². The largest absolute Gasteiger partial charge is 0.478 e. The van der Waals surface area contributed by atoms with Crippen LogP contribution in [0.15, 0.2) is 36.5 Å². The molecule has 0 fully saturated rings. The summed E-state index contributed by atoms with van der Waals surface area (Å²) in [5, 5.41) is 46.9. The van der Waals surface area contributed by atoms with Crippen LogP contribution < -0.4 is 0 Å². The fraction of sp³-hybridized carbons (Fsp3) is 0. The third kappa shape index (κ3) is 57.0. The number of hydrogen-bond acceptors (Lipinski definition) is 6. The molecule has 0 aromatic carbocycles. The predicted molar refractivity (Wildman–Crippen MR) is 73.2 cm³/mol. The van der Waals surface area contributed by atoms with Crippen LogP contribution in [0.25, 0.3) is 0 Å². The summed E-state index contributed by atoms with van der Waals surface area (Å²) in [6.45, 7) is 0. The molecular formula is C12H12O12Tb2. The Morgan fingerprint density at radius 3 is 0.462 bits per heavy atom. The van der Waals surface area contributed by atoms with Crippen molar-refractivity contribution < 1.29 is 137 Å². The van der Waals surface area contributed by atoms with E-state index in [-0.39, 0.29) is 77.2 Å². The van der Waals surface area contributed by atoms with Gasteiger partial charge in [-0.3, -0.25) is 0 Å². The van der Waals surface area contributed by atoms with E-state index in [0.29, 0.717) is 36.5 Å². The normalized spacial score (nSPS) is 8.77. The first-order valence-corrected chi connectivity index (χ1v) is 5.30. The minimum absolute atomic E-state index is 0. The van der Waals surface area contributed by atoms with Crippen LogP contribution in [-0.4, -0.2) is 66.5 Å². The van der Waals surface area contributed by atoms with Crippen LogP contribution in [-0.2, 0) is 28.8 Å². The Morgan fingerprint density at radius 1 is 0.346 bits per heavy atom. The molecule has 0 aromatic heterocycles. The molecule has 0 aliphatic heterocycles. The Morgan fingerprint density at radius 2 is 0.423 bits per heavy atom. The first kappa shape index (κ1) is 35.7. The Hall–Kier alpha value is -1.39. The second kappa shape index (κ2) is 23.6. The van der Waals surface area contributed by atoms with E-state index in [1.807, 2.05) is 0 Å². The van der Waals surface area contributed by atoms with Gasteiger partial charge in [0.2, 0.25) is 0 Å². The molecule has 0 heterocycles. The maximum atomic E-state index is 9.55. The second-order valence-electron chi connectivity index (χ2n) is 3.03. The first-order chi connectivity index (χ1) is 10.9. The van der Waals surface area contributed by atoms with Crippen molar-refractivity contribution in [3.63, 3.8) is 0 Å². The van der Waals surface area contributed by atoms with Crippen LogP contribution in [0.3, 0.4) is 0 Å². The van der Waals surface area contributed by atoms with E-state index < -0.39 is 35.8 Å². The number of hydrogen-bond donors (Lipinski definition) is 6. The number of carboxylic acid groups (broad SMARTS) is 6. The van der Waals surface area contributed by atoms with Gasteiger partial charge in [-0.15, -0.1) is 0 Å². The summed E-state index contributed by atoms with van der Waals surface area (Å²) in [6.07, 6.45) is 3.35. The van der Waals surface area contributed by atoms with Crippen LogP contribution in [0.5, 0.6) is 0 Å². The number of rotatable bonds is 6. The van der Waals surface area contributed by atoms with Crippen LogP contribution in [0.2, 0.25) is 0 Å². The first-order valence-electron chi connectivity index (χ1n) is 5.30. The van der Waals surface area contributed by atoms with Gasteiger partial charge in [-0.05, 0) is 0 Å². The monoisotopic (exact) mass is 666 g/mol. The molecule has 0 bridgehead atoms. The maximum Gasteiger partial charge on any atom is 0.328 e. The summed E-state index contributed by atoms with van der Waals surface area (Å²) >= 11 is 0. The van der Waals surface area contributed by atoms with Crippen molar-refractivity contribution in [3.8, 4) is 0 Å². The van der Waals surface area contributed by atoms with Crippen molar-refractivity contribution in [2.24, 2.45) is 0 Å². The maximum absolute atomic E-state index is 9.55. The van der Waals surface area contributed by atoms with Gasteiger partial charge in [-0.25, -0.2) is 28.8 Å². The quantitative estimate of drug-likeness (QED) is 0.191. The summed E-state index contributed by atoms with van der Waals surface area (Å²) in [6, 6.07) is 0. The predicted octanol–water partition coefficient (Wildman–Crippen LogP) is -0.865. The molecule has 2 radical (unpaired) electrons. The SMILES string of the molecule is O=C(O)/C=C/C(=O)O.O=C(O)/C=C/C(=O)O.O=C(O)/C=C/C(=O)O.[Tb].[Tb]. The van der Waals surface area contributed by atoms with Crippen molar-refractivity contribution in [2.45, 2.75) is 0 Å². The topological polar surface area (TPSA) is 224 Å². The molecule has 0 aliphatic rings. The second-order valence-corrected chi connectivity index (χ2v) is 3.03. The Kier molecular flexibility index (Phi) is 32.4. The van der Waals surface area contributed by atoms with E-state index in [4.69, 9.17) is 30.6 Å². The Balaban J connectivity index is -0.0000000817. The van der Waals surface area contributed by atoms with E-state index in [9.17, 15) is 28.8 Å². The number of carboxylic acids is 6. The summed E-state index contributed by atoms with van der Waals surface area (Å²) in [5.74, 6) is -7.54. The summed E-state index contributed by atoms with van der Waals surface area (Å²) < 4.78 is 0. The van der Waals surface area contributed by atoms with Gasteiger partial charge in [-0.2, -0.15) is 0 Å². The summed E-state index contributed by atoms with van der Waals surface area (Å²) in [5.41, 5.74) is 0. The Bertz CT molecular complexity index is 448. The van der Waals surface area contributed by atoms with Gasteiger partial charge in [0.1, 0.15) is 0 Å². The molecule has 0 saturated heterocycles. The minimum atomic E-state index is -1.26. The van der Waals surface area contributed by atoms with Crippen LogP contribution in [0.4, 0.5) is 0 Å². The molecule has 150 valence electrons. The fourth-order valence-electron chi connectivity index (χ4n) is 0.428. The van der Waals surface area contributed by atoms with Crippen molar-refractivity contribution >= 4 is 35.8 Å². The van der Waals surface area contributed by atoms with Crippen molar-refractivity contribution in [3.05, 3.63) is 36.5 Å². The molecule has 0 aromatic rings. The standard InChI is InChI=1S/3C4H4O4.2Tb/c3*5-3(6)1-2-4(7)8;;/h3*1-2H,(H,5,6)(H,7,8);;/b3*2-1+;;. The van der Waals surface area contributed by atoms with E-state index >= 15 is 0 Å². The van der Waals surface area contributed by atoms with Gasteiger partial charge in [0, 0.05) is 114 Å². The van der Waals surface area contributed by atoms with E-state index in [1.165, 1.54) is 0 Å². The fourth-order valence-corrected chi connectivity index (χ4v) is 0.428. The van der Waals surface area contributed by atoms with Gasteiger partial charge >= 0.3 is 35.8 Å². The molecule has 0 amide bonds. The minimum Gasteiger partial charge on any atom is -0.478 e. The van der Waals surface area contributed by atoms with Crippen molar-refractivity contribution in [2.75, 3.05) is 0 Å². The van der Waals surface area contributed by atoms with Crippen LogP contribution in [0.1, 0.15) is 0 Å². The smallest absolute Gasteiger partial charge is 0.328 e. The summed E-state index contributed by atoms with van der Waals surface area (Å²) in [4.78, 5) is 57.3. The average molecular weight is 666 g/mol. The summed E-state index contributed by atoms with van der Waals surface area (Å²) in [7, 11) is 0. The average Bonchev–Trinajstić information content (AvgIpc) is 2.42. The zero-order valence-corrected chi connectivity index (χ0v) is 16.5. The van der Waals surface area contributed by atoms with E-state index in [0.717, 1.165) is 0 Å². The molecule has 26 heavy (non-hydrogen) atoms.